The van der Waals surface area contributed by atoms with Crippen LogP contribution in [0.25, 0.3) is 22.0 Å². The molecule has 8 rings (SSSR count). The van der Waals surface area contributed by atoms with Crippen LogP contribution >= 0.6 is 11.3 Å². The fourth-order valence-electron chi connectivity index (χ4n) is 9.12. The Labute approximate surface area is 408 Å². The molecule has 4 amide bonds. The lowest BCUT2D eigenvalue weighted by Gasteiger charge is -2.38. The van der Waals surface area contributed by atoms with Crippen molar-refractivity contribution in [3.05, 3.63) is 60.1 Å². The molecule has 17 nitrogen and oxygen atoms in total. The fraction of sp³-hybridized carbons (Fsp3) is 0.583. The van der Waals surface area contributed by atoms with E-state index in [1.54, 1.807) is 49.7 Å². The quantitative estimate of drug-likeness (QED) is 0.163. The van der Waals surface area contributed by atoms with E-state index in [0.29, 0.717) is 53.6 Å². The molecule has 2 aliphatic carbocycles. The second kappa shape index (κ2) is 20.1. The van der Waals surface area contributed by atoms with E-state index < -0.39 is 105 Å². The monoisotopic (exact) mass is 1020 g/mol. The molecule has 70 heavy (non-hydrogen) atoms. The van der Waals surface area contributed by atoms with Crippen molar-refractivity contribution in [3.8, 4) is 33.5 Å². The zero-order chi connectivity index (χ0) is 50.2. The second-order valence-corrected chi connectivity index (χ2v) is 22.4. The van der Waals surface area contributed by atoms with Crippen LogP contribution in [0.15, 0.2) is 60.1 Å². The van der Waals surface area contributed by atoms with Crippen LogP contribution in [-0.4, -0.2) is 125 Å². The Morgan fingerprint density at radius 3 is 2.47 bits per heavy atom. The van der Waals surface area contributed by atoms with E-state index in [1.165, 1.54) is 18.3 Å². The van der Waals surface area contributed by atoms with Crippen molar-refractivity contribution >= 4 is 45.2 Å². The summed E-state index contributed by atoms with van der Waals surface area (Å²) in [6, 6.07) is 7.59. The van der Waals surface area contributed by atoms with Gasteiger partial charge in [-0.2, -0.15) is 13.2 Å². The highest BCUT2D eigenvalue weighted by molar-refractivity contribution is 7.91. The van der Waals surface area contributed by atoms with Gasteiger partial charge in [0.15, 0.2) is 0 Å². The number of thiazole rings is 1. The molecule has 0 bridgehead atoms. The number of pyridine rings is 1. The summed E-state index contributed by atoms with van der Waals surface area (Å²) in [6.45, 7) is 7.62. The molecule has 3 N–H and O–H groups in total. The lowest BCUT2D eigenvalue weighted by atomic mass is 9.96. The fourth-order valence-corrected chi connectivity index (χ4v) is 11.0. The van der Waals surface area contributed by atoms with Crippen LogP contribution in [-0.2, 0) is 38.6 Å². The minimum Gasteiger partial charge on any atom is -0.491 e. The highest BCUT2D eigenvalue weighted by Crippen LogP contribution is 2.48. The first-order chi connectivity index (χ1) is 33.1. The van der Waals surface area contributed by atoms with E-state index in [0.717, 1.165) is 10.5 Å². The number of allylic oxidation sites excluding steroid dienone is 1. The summed E-state index contributed by atoms with van der Waals surface area (Å²) < 4.78 is 101. The van der Waals surface area contributed by atoms with Crippen LogP contribution in [0.4, 0.5) is 18.0 Å². The molecule has 5 aliphatic rings. The maximum absolute atomic E-state index is 15.2. The van der Waals surface area contributed by atoms with Crippen molar-refractivity contribution in [1.29, 1.82) is 0 Å². The molecule has 0 radical (unpaired) electrons. The normalized spacial score (nSPS) is 29.1. The SMILES string of the molecule is CCC1OC(C)CCC=CC2CC2(C(=O)NS(=O)(=O)C2(C)CC2)NC(=O)C2CC(Oc3cc(-c4ccc(OC(C)C)cc4)nc(-c4nccs4)c3)CN2C(=O)C1NC(=O)OC1(C(F)(F)F)CCCOC1. The van der Waals surface area contributed by atoms with E-state index in [9.17, 15) is 36.0 Å². The summed E-state index contributed by atoms with van der Waals surface area (Å²) in [6.07, 6.45) is -3.17. The number of carbonyl (C=O) groups excluding carboxylic acids is 4. The Bertz CT molecular complexity index is 2550. The molecule has 0 spiro atoms. The van der Waals surface area contributed by atoms with Gasteiger partial charge in [-0.05, 0) is 96.9 Å². The molecular formula is C48H59F3N6O11S2. The molecule has 380 valence electrons. The van der Waals surface area contributed by atoms with Gasteiger partial charge in [0, 0.05) is 54.6 Å². The zero-order valence-electron chi connectivity index (χ0n) is 39.6. The van der Waals surface area contributed by atoms with E-state index in [4.69, 9.17) is 28.7 Å². The third-order valence-electron chi connectivity index (χ3n) is 13.6. The number of ether oxygens (including phenoxy) is 5. The van der Waals surface area contributed by atoms with Crippen molar-refractivity contribution in [2.75, 3.05) is 19.8 Å². The van der Waals surface area contributed by atoms with Gasteiger partial charge >= 0.3 is 12.3 Å². The van der Waals surface area contributed by atoms with Gasteiger partial charge in [-0.1, -0.05) is 19.1 Å². The first-order valence-electron chi connectivity index (χ1n) is 23.7. The minimum absolute atomic E-state index is 0.0385. The molecular weight excluding hydrogens is 958 g/mol. The number of nitrogens with zero attached hydrogens (tertiary/aromatic N) is 3. The molecule has 8 atom stereocenters. The molecule has 2 aromatic heterocycles. The zero-order valence-corrected chi connectivity index (χ0v) is 41.2. The minimum atomic E-state index is -5.02. The summed E-state index contributed by atoms with van der Waals surface area (Å²) in [5, 5.41) is 7.60. The number of nitrogens with one attached hydrogen (secondary N) is 3. The first-order valence-corrected chi connectivity index (χ1v) is 26.0. The summed E-state index contributed by atoms with van der Waals surface area (Å²) in [7, 11) is -4.13. The average Bonchev–Trinajstić information content (AvgIpc) is 4.06. The summed E-state index contributed by atoms with van der Waals surface area (Å²) >= 11 is 1.35. The molecule has 2 saturated carbocycles. The number of sulfonamides is 1. The molecule has 3 aromatic rings. The molecule has 8 unspecified atom stereocenters. The van der Waals surface area contributed by atoms with Crippen LogP contribution in [0, 0.1) is 5.92 Å². The lowest BCUT2D eigenvalue weighted by Crippen LogP contribution is -2.62. The van der Waals surface area contributed by atoms with Crippen LogP contribution in [0.3, 0.4) is 0 Å². The standard InChI is InChI=1S/C48H59F3N6O11S2/c1-6-38-39(54-44(61)68-46(48(49,50)51)16-9-20-64-27-46)42(59)57-26-34(67-33-22-35(53-36(23-33)41-52-19-21-69-41)30-12-14-32(15-13-30)65-28(2)3)24-37(57)40(58)55-47(25-31(47)11-8-7-10-29(4)66-38)43(60)56-70(62,63)45(5)17-18-45/h8,11-15,19,21-23,28-29,31,34,37-39H,6-7,9-10,16-18,20,24-27H2,1-5H3,(H,54,61)(H,55,58)(H,56,60). The lowest BCUT2D eigenvalue weighted by molar-refractivity contribution is -0.285. The number of halogens is 3. The van der Waals surface area contributed by atoms with Crippen LogP contribution in [0.2, 0.25) is 0 Å². The highest BCUT2D eigenvalue weighted by Gasteiger charge is 2.64. The van der Waals surface area contributed by atoms with E-state index >= 15 is 4.79 Å². The van der Waals surface area contributed by atoms with Crippen molar-refractivity contribution in [2.24, 2.45) is 5.92 Å². The van der Waals surface area contributed by atoms with Crippen molar-refractivity contribution in [2.45, 2.75) is 151 Å². The van der Waals surface area contributed by atoms with Gasteiger partial charge in [0.05, 0.1) is 41.9 Å². The summed E-state index contributed by atoms with van der Waals surface area (Å²) in [5.74, 6) is -2.29. The van der Waals surface area contributed by atoms with Gasteiger partial charge in [0.25, 0.3) is 5.91 Å². The van der Waals surface area contributed by atoms with Crippen molar-refractivity contribution in [1.82, 2.24) is 30.2 Å². The van der Waals surface area contributed by atoms with Gasteiger partial charge in [-0.25, -0.2) is 23.2 Å². The Balaban J connectivity index is 1.15. The largest absolute Gasteiger partial charge is 0.491 e. The predicted octanol–water partition coefficient (Wildman–Crippen LogP) is 6.62. The predicted molar refractivity (Wildman–Crippen MR) is 250 cm³/mol. The van der Waals surface area contributed by atoms with Crippen molar-refractivity contribution < 1.29 is 64.5 Å². The number of alkyl carbamates (subject to hydrolysis) is 1. The van der Waals surface area contributed by atoms with Crippen molar-refractivity contribution in [3.63, 3.8) is 0 Å². The smallest absolute Gasteiger partial charge is 0.430 e. The number of carbonyl (C=O) groups is 4. The molecule has 22 heteroatoms. The number of hydrogen-bond acceptors (Lipinski definition) is 14. The second-order valence-electron chi connectivity index (χ2n) is 19.3. The number of alkyl halides is 3. The third kappa shape index (κ3) is 10.9. The Hall–Kier alpha value is -5.32. The Morgan fingerprint density at radius 1 is 1.09 bits per heavy atom. The molecule has 2 saturated heterocycles. The summed E-state index contributed by atoms with van der Waals surface area (Å²) in [4.78, 5) is 68.5. The van der Waals surface area contributed by atoms with Crippen LogP contribution in [0.1, 0.15) is 92.4 Å². The van der Waals surface area contributed by atoms with Gasteiger partial charge in [0.2, 0.25) is 27.4 Å². The molecule has 5 heterocycles. The Kier molecular flexibility index (Phi) is 14.6. The third-order valence-corrected chi connectivity index (χ3v) is 16.5. The van der Waals surface area contributed by atoms with E-state index in [-0.39, 0.29) is 44.9 Å². The Morgan fingerprint density at radius 2 is 1.83 bits per heavy atom. The number of hydrogen-bond donors (Lipinski definition) is 3. The summed E-state index contributed by atoms with van der Waals surface area (Å²) in [5.41, 5.74) is -2.99. The molecule has 1 aromatic carbocycles. The number of fused-ring (bicyclic) bond motifs is 2. The number of amides is 4. The van der Waals surface area contributed by atoms with Gasteiger partial charge in [-0.15, -0.1) is 11.3 Å². The topological polar surface area (TPSA) is 214 Å². The maximum Gasteiger partial charge on any atom is 0.430 e. The maximum atomic E-state index is 15.2. The highest BCUT2D eigenvalue weighted by atomic mass is 32.2. The van der Waals surface area contributed by atoms with Gasteiger partial charge in [0.1, 0.15) is 45.9 Å². The van der Waals surface area contributed by atoms with E-state index in [1.807, 2.05) is 38.1 Å². The van der Waals surface area contributed by atoms with Gasteiger partial charge in [-0.3, -0.25) is 19.1 Å². The number of benzene rings is 1. The molecule has 4 fully saturated rings. The average molecular weight is 1020 g/mol. The van der Waals surface area contributed by atoms with Gasteiger partial charge < -0.3 is 39.2 Å². The number of rotatable bonds is 12. The van der Waals surface area contributed by atoms with Crippen LogP contribution in [0.5, 0.6) is 11.5 Å². The molecule has 3 aliphatic heterocycles. The number of aromatic nitrogens is 2. The van der Waals surface area contributed by atoms with E-state index in [2.05, 4.69) is 20.3 Å². The first kappa shape index (κ1) is 51.0. The van der Waals surface area contributed by atoms with Crippen LogP contribution < -0.4 is 24.8 Å².